The average Bonchev–Trinajstić information content (AvgIpc) is 2.79. The molecule has 0 unspecified atom stereocenters. The van der Waals surface area contributed by atoms with Crippen LogP contribution in [0.3, 0.4) is 0 Å². The number of anilines is 1. The molecule has 5 nitrogen and oxygen atoms in total. The normalized spacial score (nSPS) is 10.7. The molecule has 0 aliphatic rings. The smallest absolute Gasteiger partial charge is 0.262 e. The van der Waals surface area contributed by atoms with Crippen molar-refractivity contribution >= 4 is 23.5 Å². The van der Waals surface area contributed by atoms with Gasteiger partial charge in [-0.2, -0.15) is 0 Å². The fourth-order valence-corrected chi connectivity index (χ4v) is 2.98. The molecule has 0 radical (unpaired) electrons. The molecule has 32 heavy (non-hydrogen) atoms. The van der Waals surface area contributed by atoms with E-state index in [0.29, 0.717) is 29.4 Å². The Kier molecular flexibility index (Phi) is 7.81. The third-order valence-electron chi connectivity index (χ3n) is 4.72. The lowest BCUT2D eigenvalue weighted by atomic mass is 10.1. The summed E-state index contributed by atoms with van der Waals surface area (Å²) in [5, 5.41) is 2.80. The minimum absolute atomic E-state index is 0.0731. The van der Waals surface area contributed by atoms with Crippen molar-refractivity contribution in [3.63, 3.8) is 0 Å². The Balaban J connectivity index is 1.64. The zero-order valence-electron chi connectivity index (χ0n) is 18.6. The lowest BCUT2D eigenvalue weighted by Crippen LogP contribution is -2.20. The monoisotopic (exact) mass is 429 g/mol. The molecule has 0 aromatic heterocycles. The topological polar surface area (TPSA) is 64.6 Å². The molecule has 0 aliphatic carbocycles. The molecule has 5 heteroatoms. The molecule has 3 rings (SSSR count). The second-order valence-corrected chi connectivity index (χ2v) is 7.41. The lowest BCUT2D eigenvalue weighted by molar-refractivity contribution is -0.118. The van der Waals surface area contributed by atoms with E-state index in [9.17, 15) is 9.59 Å². The summed E-state index contributed by atoms with van der Waals surface area (Å²) in [6.45, 7) is 6.14. The van der Waals surface area contributed by atoms with Gasteiger partial charge in [-0.25, -0.2) is 0 Å². The molecule has 164 valence electrons. The highest BCUT2D eigenvalue weighted by atomic mass is 16.5. The Bertz CT molecular complexity index is 1100. The van der Waals surface area contributed by atoms with Gasteiger partial charge < -0.3 is 14.8 Å². The predicted molar refractivity (Wildman–Crippen MR) is 127 cm³/mol. The van der Waals surface area contributed by atoms with E-state index >= 15 is 0 Å². The van der Waals surface area contributed by atoms with Gasteiger partial charge >= 0.3 is 0 Å². The molecular formula is C27H27NO4. The van der Waals surface area contributed by atoms with E-state index in [1.807, 2.05) is 75.4 Å². The molecule has 1 amide bonds. The molecule has 3 aromatic carbocycles. The number of allylic oxidation sites excluding steroid dienone is 1. The van der Waals surface area contributed by atoms with Crippen LogP contribution in [0.25, 0.3) is 6.08 Å². The van der Waals surface area contributed by atoms with Crippen LogP contribution in [0.4, 0.5) is 5.69 Å². The van der Waals surface area contributed by atoms with Crippen molar-refractivity contribution in [3.05, 3.63) is 95.1 Å². The van der Waals surface area contributed by atoms with Crippen molar-refractivity contribution in [1.29, 1.82) is 0 Å². The van der Waals surface area contributed by atoms with Crippen LogP contribution in [0, 0.1) is 13.8 Å². The highest BCUT2D eigenvalue weighted by Crippen LogP contribution is 2.29. The molecule has 0 aliphatic heterocycles. The molecule has 0 fully saturated rings. The highest BCUT2D eigenvalue weighted by Gasteiger charge is 2.10. The minimum atomic E-state index is -0.260. The van der Waals surface area contributed by atoms with Gasteiger partial charge in [-0.05, 0) is 56.7 Å². The number of nitrogens with one attached hydrogen (secondary N) is 1. The minimum Gasteiger partial charge on any atom is -0.490 e. The van der Waals surface area contributed by atoms with Crippen molar-refractivity contribution in [2.45, 2.75) is 20.8 Å². The number of aryl methyl sites for hydroxylation is 2. The fraction of sp³-hybridized carbons (Fsp3) is 0.185. The van der Waals surface area contributed by atoms with Crippen molar-refractivity contribution in [1.82, 2.24) is 0 Å². The Morgan fingerprint density at radius 1 is 0.844 bits per heavy atom. The molecule has 3 aromatic rings. The van der Waals surface area contributed by atoms with Crippen LogP contribution in [0.1, 0.15) is 34.0 Å². The first-order chi connectivity index (χ1) is 15.4. The first-order valence-electron chi connectivity index (χ1n) is 10.5. The van der Waals surface area contributed by atoms with Crippen LogP contribution in [-0.4, -0.2) is 24.9 Å². The van der Waals surface area contributed by atoms with E-state index in [4.69, 9.17) is 9.47 Å². The van der Waals surface area contributed by atoms with E-state index < -0.39 is 0 Å². The van der Waals surface area contributed by atoms with Crippen LogP contribution in [0.2, 0.25) is 0 Å². The summed E-state index contributed by atoms with van der Waals surface area (Å²) in [5.74, 6) is 0.647. The molecule has 0 heterocycles. The summed E-state index contributed by atoms with van der Waals surface area (Å²) in [5.41, 5.74) is 4.38. The number of ketones is 1. The van der Waals surface area contributed by atoms with Crippen LogP contribution in [0.5, 0.6) is 11.5 Å². The van der Waals surface area contributed by atoms with Gasteiger partial charge in [-0.3, -0.25) is 9.59 Å². The van der Waals surface area contributed by atoms with Crippen molar-refractivity contribution in [2.24, 2.45) is 0 Å². The second kappa shape index (κ2) is 11.0. The lowest BCUT2D eigenvalue weighted by Gasteiger charge is -2.13. The third kappa shape index (κ3) is 6.57. The largest absolute Gasteiger partial charge is 0.490 e. The first-order valence-corrected chi connectivity index (χ1v) is 10.5. The summed E-state index contributed by atoms with van der Waals surface area (Å²) < 4.78 is 11.4. The molecule has 0 spiro atoms. The molecular weight excluding hydrogens is 402 g/mol. The van der Waals surface area contributed by atoms with Gasteiger partial charge in [-0.1, -0.05) is 59.7 Å². The van der Waals surface area contributed by atoms with Gasteiger partial charge in [-0.15, -0.1) is 0 Å². The number of ether oxygens (including phenoxy) is 2. The molecule has 0 bridgehead atoms. The predicted octanol–water partition coefficient (Wildman–Crippen LogP) is 5.62. The second-order valence-electron chi connectivity index (χ2n) is 7.41. The maximum atomic E-state index is 12.4. The SMILES string of the molecule is CCOc1cc(/C=C/C(=O)c2ccc(C)cc2)ccc1OCC(=O)Nc1ccc(C)cc1. The molecule has 1 N–H and O–H groups in total. The molecule has 0 atom stereocenters. The van der Waals surface area contributed by atoms with E-state index in [1.54, 1.807) is 18.2 Å². The van der Waals surface area contributed by atoms with Crippen molar-refractivity contribution in [3.8, 4) is 11.5 Å². The zero-order valence-corrected chi connectivity index (χ0v) is 18.6. The van der Waals surface area contributed by atoms with E-state index in [2.05, 4.69) is 5.32 Å². The zero-order chi connectivity index (χ0) is 22.9. The maximum Gasteiger partial charge on any atom is 0.262 e. The number of hydrogen-bond donors (Lipinski definition) is 1. The number of hydrogen-bond acceptors (Lipinski definition) is 4. The quantitative estimate of drug-likeness (QED) is 0.354. The third-order valence-corrected chi connectivity index (χ3v) is 4.72. The Labute approximate surface area is 188 Å². The van der Waals surface area contributed by atoms with E-state index in [1.165, 1.54) is 6.08 Å². The van der Waals surface area contributed by atoms with Crippen LogP contribution in [-0.2, 0) is 4.79 Å². The summed E-state index contributed by atoms with van der Waals surface area (Å²) in [6, 6.07) is 20.3. The summed E-state index contributed by atoms with van der Waals surface area (Å²) in [6.07, 6.45) is 3.27. The highest BCUT2D eigenvalue weighted by molar-refractivity contribution is 6.06. The maximum absolute atomic E-state index is 12.4. The van der Waals surface area contributed by atoms with Crippen molar-refractivity contribution in [2.75, 3.05) is 18.5 Å². The van der Waals surface area contributed by atoms with Crippen molar-refractivity contribution < 1.29 is 19.1 Å². The summed E-state index contributed by atoms with van der Waals surface area (Å²) in [7, 11) is 0. The molecule has 0 saturated carbocycles. The first kappa shape index (κ1) is 22.8. The van der Waals surface area contributed by atoms with Gasteiger partial charge in [0.05, 0.1) is 6.61 Å². The summed E-state index contributed by atoms with van der Waals surface area (Å²) >= 11 is 0. The van der Waals surface area contributed by atoms with Crippen LogP contribution >= 0.6 is 0 Å². The van der Waals surface area contributed by atoms with Gasteiger partial charge in [0.25, 0.3) is 5.91 Å². The number of benzene rings is 3. The number of carbonyl (C=O) groups is 2. The van der Waals surface area contributed by atoms with Gasteiger partial charge in [0.2, 0.25) is 0 Å². The Morgan fingerprint density at radius 2 is 1.50 bits per heavy atom. The number of rotatable bonds is 9. The molecule has 0 saturated heterocycles. The van der Waals surface area contributed by atoms with Crippen LogP contribution in [0.15, 0.2) is 72.8 Å². The average molecular weight is 430 g/mol. The Hall–Kier alpha value is -3.86. The van der Waals surface area contributed by atoms with E-state index in [0.717, 1.165) is 16.7 Å². The Morgan fingerprint density at radius 3 is 2.16 bits per heavy atom. The van der Waals surface area contributed by atoms with Gasteiger partial charge in [0.15, 0.2) is 23.9 Å². The van der Waals surface area contributed by atoms with Crippen LogP contribution < -0.4 is 14.8 Å². The standard InChI is InChI=1S/C27H27NO4/c1-4-31-26-17-21(9-15-24(29)22-11-5-19(2)6-12-22)10-16-25(26)32-18-27(30)28-23-13-7-20(3)8-14-23/h5-17H,4,18H2,1-3H3,(H,28,30)/b15-9+. The number of amides is 1. The number of carbonyl (C=O) groups excluding carboxylic acids is 2. The van der Waals surface area contributed by atoms with E-state index in [-0.39, 0.29) is 18.3 Å². The van der Waals surface area contributed by atoms with Gasteiger partial charge in [0.1, 0.15) is 0 Å². The fourth-order valence-electron chi connectivity index (χ4n) is 2.98. The summed E-state index contributed by atoms with van der Waals surface area (Å²) in [4.78, 5) is 24.6. The van der Waals surface area contributed by atoms with Gasteiger partial charge in [0, 0.05) is 11.3 Å².